The number of benzene rings is 1. The van der Waals surface area contributed by atoms with E-state index >= 15 is 0 Å². The van der Waals surface area contributed by atoms with Crippen LogP contribution in [0.15, 0.2) is 36.5 Å². The highest BCUT2D eigenvalue weighted by Gasteiger charge is 2.31. The van der Waals surface area contributed by atoms with Gasteiger partial charge in [-0.1, -0.05) is 11.6 Å². The van der Waals surface area contributed by atoms with Gasteiger partial charge in [0.2, 0.25) is 11.8 Å². The molecular formula is C25H25ClFN5O4. The number of nitrogens with zero attached hydrogens (tertiary/aromatic N) is 3. The first kappa shape index (κ1) is 24.1. The Hall–Kier alpha value is -3.66. The molecule has 0 bridgehead atoms. The average molecular weight is 514 g/mol. The van der Waals surface area contributed by atoms with Crippen molar-refractivity contribution in [1.29, 1.82) is 0 Å². The third kappa shape index (κ3) is 4.86. The number of amides is 2. The first-order valence-electron chi connectivity index (χ1n) is 11.7. The smallest absolute Gasteiger partial charge is 0.274 e. The largest absolute Gasteiger partial charge is 0.493 e. The number of aromatic nitrogens is 3. The molecule has 2 aliphatic heterocycles. The highest BCUT2D eigenvalue weighted by Crippen LogP contribution is 2.33. The molecule has 1 aromatic carbocycles. The highest BCUT2D eigenvalue weighted by molar-refractivity contribution is 6.33. The van der Waals surface area contributed by atoms with Crippen molar-refractivity contribution in [3.63, 3.8) is 0 Å². The molecule has 2 N–H and O–H groups in total. The number of aromatic amines is 1. The second kappa shape index (κ2) is 10.1. The Morgan fingerprint density at radius 2 is 2.03 bits per heavy atom. The Balaban J connectivity index is 1.19. The maximum atomic E-state index is 13.7. The van der Waals surface area contributed by atoms with Crippen molar-refractivity contribution in [3.8, 4) is 22.9 Å². The summed E-state index contributed by atoms with van der Waals surface area (Å²) in [5.74, 6) is 0.0867. The zero-order chi connectivity index (χ0) is 25.2. The molecule has 2 aliphatic rings. The first-order valence-corrected chi connectivity index (χ1v) is 12.1. The van der Waals surface area contributed by atoms with Crippen LogP contribution in [0.4, 0.5) is 4.39 Å². The van der Waals surface area contributed by atoms with Crippen molar-refractivity contribution in [2.45, 2.75) is 25.3 Å². The van der Waals surface area contributed by atoms with Crippen LogP contribution in [-0.2, 0) is 4.79 Å². The lowest BCUT2D eigenvalue weighted by Gasteiger charge is -2.33. The van der Waals surface area contributed by atoms with Gasteiger partial charge in [-0.15, -0.1) is 0 Å². The molecule has 3 aromatic rings. The number of hydrogen-bond acceptors (Lipinski definition) is 6. The quantitative estimate of drug-likeness (QED) is 0.537. The van der Waals surface area contributed by atoms with Gasteiger partial charge in [0.05, 0.1) is 36.7 Å². The van der Waals surface area contributed by atoms with Crippen LogP contribution in [0.3, 0.4) is 0 Å². The molecule has 36 heavy (non-hydrogen) atoms. The molecule has 0 saturated carbocycles. The molecule has 1 saturated heterocycles. The van der Waals surface area contributed by atoms with Crippen LogP contribution in [0.1, 0.15) is 41.4 Å². The summed E-state index contributed by atoms with van der Waals surface area (Å²) in [4.78, 5) is 31.7. The van der Waals surface area contributed by atoms with Crippen molar-refractivity contribution >= 4 is 23.4 Å². The number of pyridine rings is 1. The Kier molecular flexibility index (Phi) is 6.77. The number of piperidine rings is 1. The van der Waals surface area contributed by atoms with E-state index in [9.17, 15) is 14.0 Å². The van der Waals surface area contributed by atoms with Gasteiger partial charge in [-0.3, -0.25) is 14.7 Å². The number of likely N-dealkylation sites (tertiary alicyclic amines) is 1. The second-order valence-corrected chi connectivity index (χ2v) is 9.23. The van der Waals surface area contributed by atoms with Crippen molar-refractivity contribution in [3.05, 3.63) is 58.6 Å². The van der Waals surface area contributed by atoms with Gasteiger partial charge in [0.15, 0.2) is 5.69 Å². The van der Waals surface area contributed by atoms with Gasteiger partial charge in [0.25, 0.3) is 5.91 Å². The topological polar surface area (TPSA) is 109 Å². The van der Waals surface area contributed by atoms with E-state index in [1.54, 1.807) is 23.1 Å². The Bertz CT molecular complexity index is 1290. The second-order valence-electron chi connectivity index (χ2n) is 8.82. The molecule has 11 heteroatoms. The summed E-state index contributed by atoms with van der Waals surface area (Å²) in [6.45, 7) is 1.32. The van der Waals surface area contributed by atoms with Crippen LogP contribution in [0.5, 0.6) is 11.6 Å². The van der Waals surface area contributed by atoms with Crippen LogP contribution in [0.2, 0.25) is 5.02 Å². The summed E-state index contributed by atoms with van der Waals surface area (Å²) in [6.07, 6.45) is 3.11. The average Bonchev–Trinajstić information content (AvgIpc) is 3.39. The molecule has 5 rings (SSSR count). The molecule has 2 amide bonds. The van der Waals surface area contributed by atoms with E-state index in [2.05, 4.69) is 20.5 Å². The minimum absolute atomic E-state index is 0.0902. The summed E-state index contributed by atoms with van der Waals surface area (Å²) in [5.41, 5.74) is 2.12. The third-order valence-electron chi connectivity index (χ3n) is 6.61. The number of nitrogens with one attached hydrogen (secondary N) is 2. The van der Waals surface area contributed by atoms with Crippen molar-refractivity contribution in [2.75, 3.05) is 26.8 Å². The number of ether oxygens (including phenoxy) is 2. The lowest BCUT2D eigenvalue weighted by atomic mass is 9.93. The van der Waals surface area contributed by atoms with Crippen LogP contribution in [-0.4, -0.2) is 58.7 Å². The maximum absolute atomic E-state index is 13.7. The van der Waals surface area contributed by atoms with Gasteiger partial charge >= 0.3 is 0 Å². The number of carbonyl (C=O) groups excluding carboxylic acids is 2. The van der Waals surface area contributed by atoms with Crippen molar-refractivity contribution in [2.24, 2.45) is 5.92 Å². The summed E-state index contributed by atoms with van der Waals surface area (Å²) < 4.78 is 24.5. The molecule has 188 valence electrons. The Labute approximate surface area is 211 Å². The Morgan fingerprint density at radius 1 is 1.22 bits per heavy atom. The number of H-pyrrole nitrogens is 1. The number of hydrogen-bond donors (Lipinski definition) is 2. The molecule has 1 fully saturated rings. The zero-order valence-corrected chi connectivity index (χ0v) is 20.3. The van der Waals surface area contributed by atoms with E-state index < -0.39 is 0 Å². The first-order chi connectivity index (χ1) is 17.4. The standard InChI is InChI=1S/C25H25ClFN5O4/c1-35-23-11-16(18(26)13-28-23)20-12-21(31-30-20)25(34)32-7-4-14(5-8-32)24(33)29-19-6-9-36-22-3-2-15(27)10-17(19)22/h2-3,10-14,19H,4-9H2,1H3,(H,29,33)(H,30,31). The van der Waals surface area contributed by atoms with Crippen LogP contribution in [0, 0.1) is 11.7 Å². The number of rotatable bonds is 5. The molecule has 1 unspecified atom stereocenters. The fourth-order valence-electron chi connectivity index (χ4n) is 4.62. The summed E-state index contributed by atoms with van der Waals surface area (Å²) in [7, 11) is 1.51. The normalized spacial score (nSPS) is 17.8. The molecular weight excluding hydrogens is 489 g/mol. The summed E-state index contributed by atoms with van der Waals surface area (Å²) in [6, 6.07) is 7.36. The SMILES string of the molecule is COc1cc(-c2cc(C(=O)N3CCC(C(=O)NC4CCOc5ccc(F)cc54)CC3)n[nH]2)c(Cl)cn1. The number of fused-ring (bicyclic) bond motifs is 1. The van der Waals surface area contributed by atoms with Crippen LogP contribution in [0.25, 0.3) is 11.3 Å². The fraction of sp³-hybridized carbons (Fsp3) is 0.360. The van der Waals surface area contributed by atoms with E-state index in [1.807, 2.05) is 0 Å². The molecule has 0 radical (unpaired) electrons. The fourth-order valence-corrected chi connectivity index (χ4v) is 4.82. The van der Waals surface area contributed by atoms with Gasteiger partial charge < -0.3 is 19.7 Å². The lowest BCUT2D eigenvalue weighted by Crippen LogP contribution is -2.44. The maximum Gasteiger partial charge on any atom is 0.274 e. The molecule has 4 heterocycles. The predicted octanol–water partition coefficient (Wildman–Crippen LogP) is 3.77. The third-order valence-corrected chi connectivity index (χ3v) is 6.91. The van der Waals surface area contributed by atoms with Crippen LogP contribution < -0.4 is 14.8 Å². The van der Waals surface area contributed by atoms with Crippen LogP contribution >= 0.6 is 11.6 Å². The van der Waals surface area contributed by atoms with E-state index in [4.69, 9.17) is 21.1 Å². The summed E-state index contributed by atoms with van der Waals surface area (Å²) >= 11 is 6.25. The van der Waals surface area contributed by atoms with Gasteiger partial charge in [-0.25, -0.2) is 9.37 Å². The summed E-state index contributed by atoms with van der Waals surface area (Å²) in [5, 5.41) is 10.5. The van der Waals surface area contributed by atoms with Gasteiger partial charge in [0.1, 0.15) is 11.6 Å². The molecule has 1 atom stereocenters. The molecule has 9 nitrogen and oxygen atoms in total. The predicted molar refractivity (Wildman–Crippen MR) is 129 cm³/mol. The zero-order valence-electron chi connectivity index (χ0n) is 19.6. The number of methoxy groups -OCH3 is 1. The molecule has 0 spiro atoms. The highest BCUT2D eigenvalue weighted by atomic mass is 35.5. The Morgan fingerprint density at radius 3 is 2.81 bits per heavy atom. The van der Waals surface area contributed by atoms with E-state index in [0.29, 0.717) is 72.4 Å². The lowest BCUT2D eigenvalue weighted by molar-refractivity contribution is -0.127. The minimum Gasteiger partial charge on any atom is -0.493 e. The molecule has 0 aliphatic carbocycles. The van der Waals surface area contributed by atoms with E-state index in [-0.39, 0.29) is 35.3 Å². The number of halogens is 2. The number of carbonyl (C=O) groups is 2. The van der Waals surface area contributed by atoms with E-state index in [0.717, 1.165) is 0 Å². The van der Waals surface area contributed by atoms with Gasteiger partial charge in [-0.05, 0) is 37.1 Å². The monoisotopic (exact) mass is 513 g/mol. The van der Waals surface area contributed by atoms with Gasteiger partial charge in [-0.2, -0.15) is 5.10 Å². The van der Waals surface area contributed by atoms with Crippen molar-refractivity contribution in [1.82, 2.24) is 25.4 Å². The van der Waals surface area contributed by atoms with Crippen molar-refractivity contribution < 1.29 is 23.5 Å². The van der Waals surface area contributed by atoms with Gasteiger partial charge in [0, 0.05) is 42.6 Å². The van der Waals surface area contributed by atoms with E-state index in [1.165, 1.54) is 25.4 Å². The minimum atomic E-state index is -0.364. The molecule has 2 aromatic heterocycles.